The van der Waals surface area contributed by atoms with E-state index < -0.39 is 0 Å². The minimum atomic E-state index is 0.997. The molecule has 7 heteroatoms. The van der Waals surface area contributed by atoms with Crippen LogP contribution in [0.4, 0.5) is 0 Å². The molecule has 3 rings (SSSR count). The lowest BCUT2D eigenvalue weighted by molar-refractivity contribution is 0.260. The van der Waals surface area contributed by atoms with Crippen LogP contribution in [-0.2, 0) is 19.6 Å². The molecular weight excluding hydrogens is 440 g/mol. The average molecular weight is 477 g/mol. The van der Waals surface area contributed by atoms with Gasteiger partial charge in [0, 0.05) is 34.3 Å². The lowest BCUT2D eigenvalue weighted by Crippen LogP contribution is -2.32. The lowest BCUT2D eigenvalue weighted by atomic mass is 10.3. The maximum Gasteiger partial charge on any atom is 0.0299 e. The molecule has 170 valence electrons. The second-order valence-electron chi connectivity index (χ2n) is 7.67. The standard InChI is InChI=1S/C24H36N4S3/c1-7-22(29-16-1)19-25-10-4-13-28(14-5-11-26-20-23-8-2-17-30-23)15-6-12-27-21-24-9-3-18-31-24/h1-3,7-9,16-18,25-27H,4-6,10-15,19-21H2. The van der Waals surface area contributed by atoms with Crippen molar-refractivity contribution < 1.29 is 0 Å². The zero-order valence-electron chi connectivity index (χ0n) is 18.4. The predicted molar refractivity (Wildman–Crippen MR) is 138 cm³/mol. The Morgan fingerprint density at radius 1 is 0.548 bits per heavy atom. The van der Waals surface area contributed by atoms with Gasteiger partial charge in [-0.15, -0.1) is 34.0 Å². The SMILES string of the molecule is c1csc(CNCCCN(CCCNCc2cccs2)CCCNCc2cccs2)c1. The van der Waals surface area contributed by atoms with E-state index in [2.05, 4.69) is 73.4 Å². The van der Waals surface area contributed by atoms with Crippen LogP contribution < -0.4 is 16.0 Å². The number of hydrogen-bond donors (Lipinski definition) is 3. The molecule has 0 fully saturated rings. The first-order chi connectivity index (χ1) is 15.4. The maximum absolute atomic E-state index is 3.59. The fourth-order valence-corrected chi connectivity index (χ4v) is 5.52. The second kappa shape index (κ2) is 15.7. The number of hydrogen-bond acceptors (Lipinski definition) is 7. The largest absolute Gasteiger partial charge is 0.312 e. The molecule has 0 amide bonds. The van der Waals surface area contributed by atoms with Crippen LogP contribution in [0.15, 0.2) is 52.5 Å². The molecule has 0 aromatic carbocycles. The van der Waals surface area contributed by atoms with Gasteiger partial charge in [0.25, 0.3) is 0 Å². The Bertz CT molecular complexity index is 652. The molecule has 4 nitrogen and oxygen atoms in total. The van der Waals surface area contributed by atoms with Crippen LogP contribution in [0.2, 0.25) is 0 Å². The van der Waals surface area contributed by atoms with E-state index in [9.17, 15) is 0 Å². The zero-order valence-corrected chi connectivity index (χ0v) is 20.8. The van der Waals surface area contributed by atoms with Crippen molar-refractivity contribution in [3.8, 4) is 0 Å². The Morgan fingerprint density at radius 2 is 0.903 bits per heavy atom. The van der Waals surface area contributed by atoms with E-state index in [0.29, 0.717) is 0 Å². The van der Waals surface area contributed by atoms with Gasteiger partial charge in [0.05, 0.1) is 0 Å². The number of rotatable bonds is 18. The van der Waals surface area contributed by atoms with Gasteiger partial charge in [-0.25, -0.2) is 0 Å². The highest BCUT2D eigenvalue weighted by atomic mass is 32.1. The number of nitrogens with zero attached hydrogens (tertiary/aromatic N) is 1. The fourth-order valence-electron chi connectivity index (χ4n) is 3.49. The fraction of sp³-hybridized carbons (Fsp3) is 0.500. The Hall–Kier alpha value is -1.06. The van der Waals surface area contributed by atoms with Crippen molar-refractivity contribution in [3.63, 3.8) is 0 Å². The Morgan fingerprint density at radius 3 is 1.19 bits per heavy atom. The first-order valence-electron chi connectivity index (χ1n) is 11.3. The van der Waals surface area contributed by atoms with E-state index in [4.69, 9.17) is 0 Å². The van der Waals surface area contributed by atoms with Crippen LogP contribution in [0.25, 0.3) is 0 Å². The maximum atomic E-state index is 3.59. The summed E-state index contributed by atoms with van der Waals surface area (Å²) in [6.45, 7) is 9.77. The van der Waals surface area contributed by atoms with Crippen molar-refractivity contribution in [1.29, 1.82) is 0 Å². The van der Waals surface area contributed by atoms with Crippen molar-refractivity contribution in [3.05, 3.63) is 67.2 Å². The molecule has 0 radical (unpaired) electrons. The van der Waals surface area contributed by atoms with Crippen LogP contribution in [-0.4, -0.2) is 44.2 Å². The molecule has 3 heterocycles. The topological polar surface area (TPSA) is 39.3 Å². The van der Waals surface area contributed by atoms with Gasteiger partial charge < -0.3 is 20.9 Å². The summed E-state index contributed by atoms with van der Waals surface area (Å²) in [6, 6.07) is 13.0. The average Bonchev–Trinajstić information content (AvgIpc) is 3.56. The summed E-state index contributed by atoms with van der Waals surface area (Å²) in [5.74, 6) is 0. The zero-order chi connectivity index (χ0) is 21.4. The van der Waals surface area contributed by atoms with Gasteiger partial charge in [0.15, 0.2) is 0 Å². The third kappa shape index (κ3) is 10.9. The molecule has 3 N–H and O–H groups in total. The van der Waals surface area contributed by atoms with Gasteiger partial charge in [-0.2, -0.15) is 0 Å². The van der Waals surface area contributed by atoms with Crippen LogP contribution in [0.3, 0.4) is 0 Å². The first-order valence-corrected chi connectivity index (χ1v) is 14.0. The van der Waals surface area contributed by atoms with E-state index >= 15 is 0 Å². The highest BCUT2D eigenvalue weighted by Gasteiger charge is 2.05. The van der Waals surface area contributed by atoms with E-state index in [0.717, 1.165) is 39.3 Å². The highest BCUT2D eigenvalue weighted by Crippen LogP contribution is 2.09. The minimum absolute atomic E-state index is 0.997. The highest BCUT2D eigenvalue weighted by molar-refractivity contribution is 7.10. The Labute approximate surface area is 199 Å². The predicted octanol–water partition coefficient (Wildman–Crippen LogP) is 5.01. The minimum Gasteiger partial charge on any atom is -0.312 e. The molecule has 0 atom stereocenters. The van der Waals surface area contributed by atoms with Crippen LogP contribution in [0, 0.1) is 0 Å². The number of thiophene rings is 3. The van der Waals surface area contributed by atoms with E-state index in [-0.39, 0.29) is 0 Å². The second-order valence-corrected chi connectivity index (χ2v) is 10.8. The smallest absolute Gasteiger partial charge is 0.0299 e. The van der Waals surface area contributed by atoms with E-state index in [1.807, 2.05) is 34.0 Å². The summed E-state index contributed by atoms with van der Waals surface area (Å²) in [7, 11) is 0. The molecule has 0 saturated heterocycles. The lowest BCUT2D eigenvalue weighted by Gasteiger charge is -2.22. The molecule has 0 aliphatic carbocycles. The molecule has 0 spiro atoms. The van der Waals surface area contributed by atoms with Crippen molar-refractivity contribution in [2.45, 2.75) is 38.9 Å². The molecule has 3 aromatic heterocycles. The summed E-state index contributed by atoms with van der Waals surface area (Å²) in [6.07, 6.45) is 3.61. The third-order valence-electron chi connectivity index (χ3n) is 5.12. The van der Waals surface area contributed by atoms with Gasteiger partial charge in [0.1, 0.15) is 0 Å². The van der Waals surface area contributed by atoms with E-state index in [1.54, 1.807) is 0 Å². The van der Waals surface area contributed by atoms with Gasteiger partial charge >= 0.3 is 0 Å². The summed E-state index contributed by atoms with van der Waals surface area (Å²) in [5.41, 5.74) is 0. The van der Waals surface area contributed by atoms with Crippen LogP contribution >= 0.6 is 34.0 Å². The molecule has 0 bridgehead atoms. The van der Waals surface area contributed by atoms with Gasteiger partial charge in [0.2, 0.25) is 0 Å². The molecular formula is C24H36N4S3. The van der Waals surface area contributed by atoms with Crippen molar-refractivity contribution >= 4 is 34.0 Å². The van der Waals surface area contributed by atoms with Gasteiger partial charge in [-0.05, 0) is 92.9 Å². The Balaban J connectivity index is 1.27. The van der Waals surface area contributed by atoms with Crippen LogP contribution in [0.1, 0.15) is 33.9 Å². The first kappa shape index (κ1) is 24.6. The molecule has 31 heavy (non-hydrogen) atoms. The Kier molecular flexibility index (Phi) is 12.4. The van der Waals surface area contributed by atoms with Gasteiger partial charge in [-0.3, -0.25) is 0 Å². The molecule has 3 aromatic rings. The monoisotopic (exact) mass is 476 g/mol. The summed E-state index contributed by atoms with van der Waals surface area (Å²) in [4.78, 5) is 6.91. The summed E-state index contributed by atoms with van der Waals surface area (Å²) in [5, 5.41) is 17.2. The molecule has 0 unspecified atom stereocenters. The molecule has 0 aliphatic rings. The quantitative estimate of drug-likeness (QED) is 0.226. The van der Waals surface area contributed by atoms with Crippen molar-refractivity contribution in [2.75, 3.05) is 39.3 Å². The molecule has 0 saturated carbocycles. The summed E-state index contributed by atoms with van der Waals surface area (Å²) < 4.78 is 0. The van der Waals surface area contributed by atoms with Crippen molar-refractivity contribution in [1.82, 2.24) is 20.9 Å². The number of nitrogens with one attached hydrogen (secondary N) is 3. The summed E-state index contributed by atoms with van der Waals surface area (Å²) >= 11 is 5.49. The molecule has 0 aliphatic heterocycles. The van der Waals surface area contributed by atoms with Crippen LogP contribution in [0.5, 0.6) is 0 Å². The van der Waals surface area contributed by atoms with E-state index in [1.165, 1.54) is 53.5 Å². The normalized spacial score (nSPS) is 11.5. The van der Waals surface area contributed by atoms with Crippen molar-refractivity contribution in [2.24, 2.45) is 0 Å². The third-order valence-corrected chi connectivity index (χ3v) is 7.75. The van der Waals surface area contributed by atoms with Gasteiger partial charge in [-0.1, -0.05) is 18.2 Å².